The van der Waals surface area contributed by atoms with Gasteiger partial charge in [-0.25, -0.2) is 0 Å². The molecule has 4 rings (SSSR count). The maximum Gasteiger partial charge on any atom is 0.255 e. The van der Waals surface area contributed by atoms with E-state index in [-0.39, 0.29) is 17.9 Å². The van der Waals surface area contributed by atoms with Crippen LogP contribution in [0.3, 0.4) is 0 Å². The Morgan fingerprint density at radius 2 is 1.93 bits per heavy atom. The van der Waals surface area contributed by atoms with Crippen LogP contribution in [0.4, 0.5) is 17.1 Å². The van der Waals surface area contributed by atoms with Crippen molar-refractivity contribution in [3.05, 3.63) is 53.6 Å². The van der Waals surface area contributed by atoms with E-state index < -0.39 is 0 Å². The smallest absolute Gasteiger partial charge is 0.255 e. The minimum atomic E-state index is -0.176. The van der Waals surface area contributed by atoms with Crippen molar-refractivity contribution in [2.24, 2.45) is 0 Å². The molecule has 0 bridgehead atoms. The number of carbonyl (C=O) groups excluding carboxylic acids is 2. The molecule has 2 aromatic rings. The zero-order valence-electron chi connectivity index (χ0n) is 15.8. The van der Waals surface area contributed by atoms with E-state index in [2.05, 4.69) is 29.4 Å². The Balaban J connectivity index is 1.54. The maximum atomic E-state index is 12.6. The molecular weight excluding hydrogens is 338 g/mol. The summed E-state index contributed by atoms with van der Waals surface area (Å²) in [5.41, 5.74) is 4.28. The quantitative estimate of drug-likeness (QED) is 0.851. The van der Waals surface area contributed by atoms with Crippen molar-refractivity contribution >= 4 is 28.9 Å². The fraction of sp³-hybridized carbons (Fsp3) is 0.364. The number of hydrogen-bond donors (Lipinski definition) is 2. The molecule has 2 amide bonds. The number of amides is 2. The van der Waals surface area contributed by atoms with E-state index in [9.17, 15) is 9.59 Å². The monoisotopic (exact) mass is 363 g/mol. The molecule has 27 heavy (non-hydrogen) atoms. The number of piperidine rings is 1. The molecule has 1 saturated heterocycles. The Labute approximate surface area is 159 Å². The number of nitrogens with one attached hydrogen (secondary N) is 2. The molecule has 0 spiro atoms. The maximum absolute atomic E-state index is 12.6. The SMILES string of the molecule is CC(C)c1ccc(NC(=O)c2ccc3c(c2)NC(=O)[C@H]2CCCCN32)cc1. The number of benzene rings is 2. The summed E-state index contributed by atoms with van der Waals surface area (Å²) in [4.78, 5) is 27.2. The first-order valence-electron chi connectivity index (χ1n) is 9.66. The highest BCUT2D eigenvalue weighted by atomic mass is 16.2. The van der Waals surface area contributed by atoms with Gasteiger partial charge in [0.2, 0.25) is 5.91 Å². The number of nitrogens with zero attached hydrogens (tertiary/aromatic N) is 1. The van der Waals surface area contributed by atoms with Crippen LogP contribution in [0.5, 0.6) is 0 Å². The molecule has 5 nitrogen and oxygen atoms in total. The average molecular weight is 363 g/mol. The zero-order valence-corrected chi connectivity index (χ0v) is 15.8. The van der Waals surface area contributed by atoms with E-state index in [0.29, 0.717) is 11.5 Å². The standard InChI is InChI=1S/C22H25N3O2/c1-14(2)15-6-9-17(10-7-15)23-21(26)16-8-11-19-18(13-16)24-22(27)20-5-3-4-12-25(19)20/h6-11,13-14,20H,3-5,12H2,1-2H3,(H,23,26)(H,24,27)/t20-/m1/s1. The number of hydrogen-bond acceptors (Lipinski definition) is 3. The number of rotatable bonds is 3. The molecule has 140 valence electrons. The summed E-state index contributed by atoms with van der Waals surface area (Å²) in [6.07, 6.45) is 3.07. The van der Waals surface area contributed by atoms with E-state index in [0.717, 1.165) is 42.9 Å². The summed E-state index contributed by atoms with van der Waals surface area (Å²) in [6.45, 7) is 5.17. The molecule has 2 heterocycles. The number of carbonyl (C=O) groups is 2. The van der Waals surface area contributed by atoms with Crippen LogP contribution in [0, 0.1) is 0 Å². The minimum absolute atomic E-state index is 0.0315. The molecule has 0 unspecified atom stereocenters. The van der Waals surface area contributed by atoms with Crippen LogP contribution in [-0.2, 0) is 4.79 Å². The lowest BCUT2D eigenvalue weighted by Crippen LogP contribution is -2.50. The first-order valence-corrected chi connectivity index (χ1v) is 9.66. The summed E-state index contributed by atoms with van der Waals surface area (Å²) < 4.78 is 0. The van der Waals surface area contributed by atoms with E-state index >= 15 is 0 Å². The third-order valence-electron chi connectivity index (χ3n) is 5.47. The molecule has 1 atom stereocenters. The number of anilines is 3. The second kappa shape index (κ2) is 7.06. The molecule has 1 fully saturated rings. The lowest BCUT2D eigenvalue weighted by molar-refractivity contribution is -0.118. The Morgan fingerprint density at radius 1 is 1.15 bits per heavy atom. The Bertz CT molecular complexity index is 874. The van der Waals surface area contributed by atoms with Gasteiger partial charge in [-0.1, -0.05) is 26.0 Å². The third-order valence-corrected chi connectivity index (χ3v) is 5.47. The fourth-order valence-electron chi connectivity index (χ4n) is 3.89. The highest BCUT2D eigenvalue weighted by molar-refractivity contribution is 6.08. The molecule has 2 aliphatic rings. The van der Waals surface area contributed by atoms with Crippen molar-refractivity contribution in [1.82, 2.24) is 0 Å². The van der Waals surface area contributed by atoms with Crippen molar-refractivity contribution in [2.75, 3.05) is 22.1 Å². The first-order chi connectivity index (χ1) is 13.0. The van der Waals surface area contributed by atoms with Gasteiger partial charge >= 0.3 is 0 Å². The van der Waals surface area contributed by atoms with Crippen molar-refractivity contribution in [2.45, 2.75) is 45.1 Å². The van der Waals surface area contributed by atoms with Crippen LogP contribution in [0.1, 0.15) is 54.9 Å². The first kappa shape index (κ1) is 17.6. The Kier molecular flexibility index (Phi) is 4.60. The Morgan fingerprint density at radius 3 is 2.67 bits per heavy atom. The van der Waals surface area contributed by atoms with Crippen LogP contribution >= 0.6 is 0 Å². The second-order valence-corrected chi connectivity index (χ2v) is 7.66. The van der Waals surface area contributed by atoms with E-state index in [1.165, 1.54) is 5.56 Å². The molecule has 2 aromatic carbocycles. The van der Waals surface area contributed by atoms with Gasteiger partial charge in [0, 0.05) is 17.8 Å². The van der Waals surface area contributed by atoms with Crippen molar-refractivity contribution in [1.29, 1.82) is 0 Å². The van der Waals surface area contributed by atoms with Crippen LogP contribution < -0.4 is 15.5 Å². The molecule has 5 heteroatoms. The molecule has 0 radical (unpaired) electrons. The van der Waals surface area contributed by atoms with Crippen LogP contribution in [0.15, 0.2) is 42.5 Å². The highest BCUT2D eigenvalue weighted by Crippen LogP contribution is 2.36. The number of fused-ring (bicyclic) bond motifs is 3. The van der Waals surface area contributed by atoms with Gasteiger partial charge in [-0.3, -0.25) is 9.59 Å². The van der Waals surface area contributed by atoms with Crippen LogP contribution in [-0.4, -0.2) is 24.4 Å². The summed E-state index contributed by atoms with van der Waals surface area (Å²) in [6, 6.07) is 13.4. The molecular formula is C22H25N3O2. The predicted molar refractivity (Wildman–Crippen MR) is 109 cm³/mol. The van der Waals surface area contributed by atoms with Gasteiger partial charge in [-0.2, -0.15) is 0 Å². The van der Waals surface area contributed by atoms with Crippen LogP contribution in [0.2, 0.25) is 0 Å². The summed E-state index contributed by atoms with van der Waals surface area (Å²) in [7, 11) is 0. The van der Waals surface area contributed by atoms with Gasteiger partial charge in [0.05, 0.1) is 11.4 Å². The second-order valence-electron chi connectivity index (χ2n) is 7.66. The van der Waals surface area contributed by atoms with Crippen molar-refractivity contribution < 1.29 is 9.59 Å². The Hall–Kier alpha value is -2.82. The van der Waals surface area contributed by atoms with E-state index in [1.807, 2.05) is 36.4 Å². The lowest BCUT2D eigenvalue weighted by atomic mass is 9.97. The molecule has 2 aliphatic heterocycles. The largest absolute Gasteiger partial charge is 0.358 e. The van der Waals surface area contributed by atoms with Gasteiger partial charge in [0.1, 0.15) is 6.04 Å². The molecule has 0 aromatic heterocycles. The average Bonchev–Trinajstić information content (AvgIpc) is 2.68. The van der Waals surface area contributed by atoms with E-state index in [1.54, 1.807) is 6.07 Å². The topological polar surface area (TPSA) is 61.4 Å². The minimum Gasteiger partial charge on any atom is -0.358 e. The zero-order chi connectivity index (χ0) is 19.0. The van der Waals surface area contributed by atoms with Crippen molar-refractivity contribution in [3.8, 4) is 0 Å². The van der Waals surface area contributed by atoms with Gasteiger partial charge in [0.15, 0.2) is 0 Å². The van der Waals surface area contributed by atoms with Crippen LogP contribution in [0.25, 0.3) is 0 Å². The van der Waals surface area contributed by atoms with Gasteiger partial charge in [0.25, 0.3) is 5.91 Å². The molecule has 0 aliphatic carbocycles. The van der Waals surface area contributed by atoms with Gasteiger partial charge in [-0.05, 0) is 61.1 Å². The normalized spacial score (nSPS) is 18.6. The van der Waals surface area contributed by atoms with Gasteiger partial charge in [-0.15, -0.1) is 0 Å². The van der Waals surface area contributed by atoms with Crippen molar-refractivity contribution in [3.63, 3.8) is 0 Å². The highest BCUT2D eigenvalue weighted by Gasteiger charge is 2.34. The fourth-order valence-corrected chi connectivity index (χ4v) is 3.89. The van der Waals surface area contributed by atoms with E-state index in [4.69, 9.17) is 0 Å². The predicted octanol–water partition coefficient (Wildman–Crippen LogP) is 4.37. The summed E-state index contributed by atoms with van der Waals surface area (Å²) >= 11 is 0. The summed E-state index contributed by atoms with van der Waals surface area (Å²) in [5.74, 6) is 0.312. The third kappa shape index (κ3) is 3.42. The lowest BCUT2D eigenvalue weighted by Gasteiger charge is -2.41. The van der Waals surface area contributed by atoms with Gasteiger partial charge < -0.3 is 15.5 Å². The molecule has 2 N–H and O–H groups in total. The summed E-state index contributed by atoms with van der Waals surface area (Å²) in [5, 5.41) is 5.91. The molecule has 0 saturated carbocycles.